The average molecular weight is 454 g/mol. The third-order valence-corrected chi connectivity index (χ3v) is 5.24. The molecule has 29 heavy (non-hydrogen) atoms. The molecule has 0 bridgehead atoms. The molecule has 0 saturated heterocycles. The normalized spacial score (nSPS) is 10.5. The number of benzene rings is 3. The minimum absolute atomic E-state index is 0.202. The smallest absolute Gasteiger partial charge is 0.255 e. The number of aryl methyl sites for hydroxylation is 1. The second kappa shape index (κ2) is 9.61. The molecule has 3 rings (SSSR count). The Kier molecular flexibility index (Phi) is 6.94. The second-order valence-electron chi connectivity index (χ2n) is 6.69. The van der Waals surface area contributed by atoms with E-state index in [0.717, 1.165) is 22.4 Å². The van der Waals surface area contributed by atoms with Crippen LogP contribution >= 0.6 is 15.9 Å². The van der Waals surface area contributed by atoms with Gasteiger partial charge in [-0.05, 0) is 71.6 Å². The standard InChI is InChI=1S/C24H24BrNO3/c1-4-28-23-20(25)13-19(14-22(23)29-15-18-10-6-5-7-11-18)24(27)26-21-12-8-9-16(2)17(21)3/h5-14H,4,15H2,1-3H3,(H,26,27). The summed E-state index contributed by atoms with van der Waals surface area (Å²) in [4.78, 5) is 12.9. The van der Waals surface area contributed by atoms with Crippen molar-refractivity contribution in [2.24, 2.45) is 0 Å². The van der Waals surface area contributed by atoms with Gasteiger partial charge in [-0.1, -0.05) is 42.5 Å². The lowest BCUT2D eigenvalue weighted by Gasteiger charge is -2.16. The highest BCUT2D eigenvalue weighted by Crippen LogP contribution is 2.37. The summed E-state index contributed by atoms with van der Waals surface area (Å²) in [6, 6.07) is 19.2. The van der Waals surface area contributed by atoms with Crippen molar-refractivity contribution < 1.29 is 14.3 Å². The monoisotopic (exact) mass is 453 g/mol. The summed E-state index contributed by atoms with van der Waals surface area (Å²) >= 11 is 3.52. The van der Waals surface area contributed by atoms with Crippen LogP contribution in [0.1, 0.15) is 34.0 Å². The molecule has 0 aliphatic rings. The molecule has 0 radical (unpaired) electrons. The minimum Gasteiger partial charge on any atom is -0.489 e. The first-order chi connectivity index (χ1) is 14.0. The zero-order chi connectivity index (χ0) is 20.8. The molecule has 1 amide bonds. The molecule has 4 nitrogen and oxygen atoms in total. The van der Waals surface area contributed by atoms with Crippen LogP contribution in [0.15, 0.2) is 65.1 Å². The number of anilines is 1. The summed E-state index contributed by atoms with van der Waals surface area (Å²) in [5.41, 5.74) is 4.50. The van der Waals surface area contributed by atoms with Crippen LogP contribution < -0.4 is 14.8 Å². The Morgan fingerprint density at radius 1 is 1.00 bits per heavy atom. The first kappa shape index (κ1) is 20.9. The molecule has 3 aromatic rings. The van der Waals surface area contributed by atoms with Gasteiger partial charge in [-0.15, -0.1) is 0 Å². The predicted molar refractivity (Wildman–Crippen MR) is 120 cm³/mol. The van der Waals surface area contributed by atoms with Gasteiger partial charge >= 0.3 is 0 Å². The zero-order valence-corrected chi connectivity index (χ0v) is 18.4. The third-order valence-electron chi connectivity index (χ3n) is 4.65. The number of rotatable bonds is 7. The number of carbonyl (C=O) groups excluding carboxylic acids is 1. The minimum atomic E-state index is -0.202. The third kappa shape index (κ3) is 5.18. The summed E-state index contributed by atoms with van der Waals surface area (Å²) in [6.45, 7) is 6.81. The van der Waals surface area contributed by atoms with Crippen LogP contribution in [0.2, 0.25) is 0 Å². The largest absolute Gasteiger partial charge is 0.489 e. The molecule has 0 aliphatic carbocycles. The number of hydrogen-bond donors (Lipinski definition) is 1. The molecule has 3 aromatic carbocycles. The maximum Gasteiger partial charge on any atom is 0.255 e. The maximum atomic E-state index is 12.9. The average Bonchev–Trinajstić information content (AvgIpc) is 2.72. The van der Waals surface area contributed by atoms with Crippen LogP contribution in [0.5, 0.6) is 11.5 Å². The number of amides is 1. The van der Waals surface area contributed by atoms with Gasteiger partial charge in [0.25, 0.3) is 5.91 Å². The fourth-order valence-corrected chi connectivity index (χ4v) is 3.46. The molecular formula is C24H24BrNO3. The Balaban J connectivity index is 1.87. The fourth-order valence-electron chi connectivity index (χ4n) is 2.91. The van der Waals surface area contributed by atoms with Crippen molar-refractivity contribution in [2.75, 3.05) is 11.9 Å². The SMILES string of the molecule is CCOc1c(Br)cc(C(=O)Nc2cccc(C)c2C)cc1OCc1ccccc1. The van der Waals surface area contributed by atoms with Crippen LogP contribution in [0.4, 0.5) is 5.69 Å². The Morgan fingerprint density at radius 3 is 2.48 bits per heavy atom. The Hall–Kier alpha value is -2.79. The lowest BCUT2D eigenvalue weighted by molar-refractivity contribution is 0.102. The second-order valence-corrected chi connectivity index (χ2v) is 7.55. The van der Waals surface area contributed by atoms with E-state index in [1.165, 1.54) is 0 Å². The predicted octanol–water partition coefficient (Wildman–Crippen LogP) is 6.30. The summed E-state index contributed by atoms with van der Waals surface area (Å²) in [6.07, 6.45) is 0. The van der Waals surface area contributed by atoms with E-state index in [2.05, 4.69) is 21.2 Å². The molecule has 0 unspecified atom stereocenters. The van der Waals surface area contributed by atoms with Gasteiger partial charge in [0.05, 0.1) is 11.1 Å². The van der Waals surface area contributed by atoms with E-state index in [9.17, 15) is 4.79 Å². The summed E-state index contributed by atoms with van der Waals surface area (Å²) in [5, 5.41) is 2.99. The molecule has 5 heteroatoms. The van der Waals surface area contributed by atoms with Crippen molar-refractivity contribution in [1.82, 2.24) is 0 Å². The molecule has 0 atom stereocenters. The van der Waals surface area contributed by atoms with Gasteiger partial charge in [0, 0.05) is 11.3 Å². The molecule has 150 valence electrons. The van der Waals surface area contributed by atoms with Gasteiger partial charge in [-0.3, -0.25) is 4.79 Å². The molecular weight excluding hydrogens is 430 g/mol. The molecule has 0 spiro atoms. The number of nitrogens with one attached hydrogen (secondary N) is 1. The Bertz CT molecular complexity index is 1000. The van der Waals surface area contributed by atoms with Crippen molar-refractivity contribution in [1.29, 1.82) is 0 Å². The quantitative estimate of drug-likeness (QED) is 0.456. The van der Waals surface area contributed by atoms with E-state index in [0.29, 0.717) is 34.7 Å². The van der Waals surface area contributed by atoms with E-state index < -0.39 is 0 Å². The summed E-state index contributed by atoms with van der Waals surface area (Å²) < 4.78 is 12.4. The van der Waals surface area contributed by atoms with E-state index in [4.69, 9.17) is 9.47 Å². The van der Waals surface area contributed by atoms with E-state index >= 15 is 0 Å². The highest BCUT2D eigenvalue weighted by atomic mass is 79.9. The first-order valence-corrected chi connectivity index (χ1v) is 10.3. The molecule has 0 aromatic heterocycles. The van der Waals surface area contributed by atoms with Gasteiger partial charge in [0.15, 0.2) is 11.5 Å². The highest BCUT2D eigenvalue weighted by Gasteiger charge is 2.17. The molecule has 0 aliphatic heterocycles. The van der Waals surface area contributed by atoms with E-state index in [-0.39, 0.29) is 5.91 Å². The van der Waals surface area contributed by atoms with Crippen molar-refractivity contribution in [3.8, 4) is 11.5 Å². The first-order valence-electron chi connectivity index (χ1n) is 9.50. The van der Waals surface area contributed by atoms with Crippen LogP contribution in [-0.4, -0.2) is 12.5 Å². The lowest BCUT2D eigenvalue weighted by Crippen LogP contribution is -2.14. The number of halogens is 1. The van der Waals surface area contributed by atoms with Crippen molar-refractivity contribution >= 4 is 27.5 Å². The van der Waals surface area contributed by atoms with Gasteiger partial charge in [0.2, 0.25) is 0 Å². The highest BCUT2D eigenvalue weighted by molar-refractivity contribution is 9.10. The fraction of sp³-hybridized carbons (Fsp3) is 0.208. The topological polar surface area (TPSA) is 47.6 Å². The molecule has 0 fully saturated rings. The summed E-state index contributed by atoms with van der Waals surface area (Å²) in [5.74, 6) is 0.912. The molecule has 0 heterocycles. The number of ether oxygens (including phenoxy) is 2. The Morgan fingerprint density at radius 2 is 1.76 bits per heavy atom. The maximum absolute atomic E-state index is 12.9. The zero-order valence-electron chi connectivity index (χ0n) is 16.8. The van der Waals surface area contributed by atoms with Crippen LogP contribution in [-0.2, 0) is 6.61 Å². The van der Waals surface area contributed by atoms with Crippen LogP contribution in [0.25, 0.3) is 0 Å². The van der Waals surface area contributed by atoms with Crippen LogP contribution in [0, 0.1) is 13.8 Å². The van der Waals surface area contributed by atoms with Gasteiger partial charge < -0.3 is 14.8 Å². The lowest BCUT2D eigenvalue weighted by atomic mass is 10.1. The summed E-state index contributed by atoms with van der Waals surface area (Å²) in [7, 11) is 0. The van der Waals surface area contributed by atoms with E-state index in [1.54, 1.807) is 12.1 Å². The molecule has 1 N–H and O–H groups in total. The van der Waals surface area contributed by atoms with Gasteiger partial charge in [-0.25, -0.2) is 0 Å². The van der Waals surface area contributed by atoms with Gasteiger partial charge in [-0.2, -0.15) is 0 Å². The van der Waals surface area contributed by atoms with Crippen LogP contribution in [0.3, 0.4) is 0 Å². The number of carbonyl (C=O) groups is 1. The van der Waals surface area contributed by atoms with Crippen molar-refractivity contribution in [2.45, 2.75) is 27.4 Å². The van der Waals surface area contributed by atoms with Gasteiger partial charge in [0.1, 0.15) is 6.61 Å². The number of hydrogen-bond acceptors (Lipinski definition) is 3. The van der Waals surface area contributed by atoms with Crippen molar-refractivity contribution in [3.05, 3.63) is 87.4 Å². The van der Waals surface area contributed by atoms with Crippen molar-refractivity contribution in [3.63, 3.8) is 0 Å². The van der Waals surface area contributed by atoms with E-state index in [1.807, 2.05) is 69.3 Å². The molecule has 0 saturated carbocycles. The Labute approximate surface area is 180 Å².